The summed E-state index contributed by atoms with van der Waals surface area (Å²) in [6, 6.07) is 11.9. The molecular weight excluding hydrogens is 404 g/mol. The number of aryl methyl sites for hydroxylation is 1. The van der Waals surface area contributed by atoms with Crippen LogP contribution < -0.4 is 14.8 Å². The highest BCUT2D eigenvalue weighted by molar-refractivity contribution is 7.89. The first-order chi connectivity index (χ1) is 14.4. The molecule has 1 aliphatic heterocycles. The van der Waals surface area contributed by atoms with Crippen LogP contribution in [-0.4, -0.2) is 45.9 Å². The van der Waals surface area contributed by atoms with Crippen LogP contribution in [0.3, 0.4) is 0 Å². The third kappa shape index (κ3) is 5.52. The Morgan fingerprint density at radius 2 is 1.67 bits per heavy atom. The third-order valence-corrected chi connectivity index (χ3v) is 7.02. The van der Waals surface area contributed by atoms with Crippen molar-refractivity contribution in [2.24, 2.45) is 0 Å². The molecule has 1 aliphatic rings. The lowest BCUT2D eigenvalue weighted by Gasteiger charge is -2.26. The first-order valence-electron chi connectivity index (χ1n) is 10.0. The first kappa shape index (κ1) is 22.1. The van der Waals surface area contributed by atoms with Crippen LogP contribution in [-0.2, 0) is 21.2 Å². The highest BCUT2D eigenvalue weighted by Gasteiger charge is 2.26. The Morgan fingerprint density at radius 1 is 1.00 bits per heavy atom. The Morgan fingerprint density at radius 3 is 2.30 bits per heavy atom. The summed E-state index contributed by atoms with van der Waals surface area (Å²) in [5.41, 5.74) is 1.39. The molecule has 1 N–H and O–H groups in total. The summed E-state index contributed by atoms with van der Waals surface area (Å²) in [5.74, 6) is 1.14. The number of anilines is 1. The smallest absolute Gasteiger partial charge is 0.243 e. The number of amides is 1. The van der Waals surface area contributed by atoms with Crippen LogP contribution in [0.1, 0.15) is 31.2 Å². The molecule has 1 saturated heterocycles. The quantitative estimate of drug-likeness (QED) is 0.691. The zero-order valence-corrected chi connectivity index (χ0v) is 18.2. The second-order valence-electron chi connectivity index (χ2n) is 7.26. The number of carbonyl (C=O) groups is 1. The highest BCUT2D eigenvalue weighted by Crippen LogP contribution is 2.25. The predicted octanol–water partition coefficient (Wildman–Crippen LogP) is 3.45. The molecule has 0 bridgehead atoms. The summed E-state index contributed by atoms with van der Waals surface area (Å²) < 4.78 is 37.7. The molecular formula is C22H28N2O5S. The molecule has 0 aliphatic carbocycles. The summed E-state index contributed by atoms with van der Waals surface area (Å²) >= 11 is 0. The van der Waals surface area contributed by atoms with Gasteiger partial charge in [0.1, 0.15) is 11.5 Å². The van der Waals surface area contributed by atoms with Gasteiger partial charge < -0.3 is 14.8 Å². The van der Waals surface area contributed by atoms with E-state index in [0.717, 1.165) is 24.8 Å². The average molecular weight is 433 g/mol. The fourth-order valence-electron chi connectivity index (χ4n) is 3.48. The monoisotopic (exact) mass is 432 g/mol. The second-order valence-corrected chi connectivity index (χ2v) is 9.20. The number of carbonyl (C=O) groups excluding carboxylic acids is 1. The Bertz CT molecular complexity index is 963. The Labute approximate surface area is 178 Å². The molecule has 1 heterocycles. The van der Waals surface area contributed by atoms with E-state index in [1.54, 1.807) is 38.5 Å². The van der Waals surface area contributed by atoms with E-state index in [9.17, 15) is 13.2 Å². The molecule has 0 radical (unpaired) electrons. The van der Waals surface area contributed by atoms with Crippen molar-refractivity contribution in [3.8, 4) is 11.5 Å². The summed E-state index contributed by atoms with van der Waals surface area (Å²) in [6.07, 6.45) is 3.57. The van der Waals surface area contributed by atoms with Crippen molar-refractivity contribution in [2.75, 3.05) is 32.6 Å². The van der Waals surface area contributed by atoms with E-state index in [1.165, 1.54) is 10.4 Å². The van der Waals surface area contributed by atoms with E-state index in [0.29, 0.717) is 36.7 Å². The minimum atomic E-state index is -3.54. The molecule has 2 aromatic rings. The van der Waals surface area contributed by atoms with Gasteiger partial charge in [-0.3, -0.25) is 4.79 Å². The summed E-state index contributed by atoms with van der Waals surface area (Å²) in [7, 11) is -0.378. The van der Waals surface area contributed by atoms with Crippen molar-refractivity contribution >= 4 is 21.6 Å². The van der Waals surface area contributed by atoms with Crippen LogP contribution in [0.4, 0.5) is 5.69 Å². The molecule has 162 valence electrons. The van der Waals surface area contributed by atoms with E-state index < -0.39 is 10.0 Å². The van der Waals surface area contributed by atoms with Crippen LogP contribution in [0.5, 0.6) is 11.5 Å². The SMILES string of the molecule is COc1cc(CCC(=O)Nc2cccc(S(=O)(=O)N3CCCCC3)c2)cc(OC)c1. The van der Waals surface area contributed by atoms with E-state index in [1.807, 2.05) is 12.1 Å². The lowest BCUT2D eigenvalue weighted by atomic mass is 10.1. The summed E-state index contributed by atoms with van der Waals surface area (Å²) in [4.78, 5) is 12.6. The summed E-state index contributed by atoms with van der Waals surface area (Å²) in [6.45, 7) is 1.09. The van der Waals surface area contributed by atoms with Gasteiger partial charge in [0.2, 0.25) is 15.9 Å². The van der Waals surface area contributed by atoms with Gasteiger partial charge in [0, 0.05) is 31.3 Å². The van der Waals surface area contributed by atoms with Crippen LogP contribution in [0.2, 0.25) is 0 Å². The maximum atomic E-state index is 12.8. The number of benzene rings is 2. The molecule has 0 atom stereocenters. The molecule has 1 fully saturated rings. The number of hydrogen-bond donors (Lipinski definition) is 1. The number of methoxy groups -OCH3 is 2. The van der Waals surface area contributed by atoms with Crippen molar-refractivity contribution in [1.82, 2.24) is 4.31 Å². The molecule has 2 aromatic carbocycles. The second kappa shape index (κ2) is 9.95. The maximum absolute atomic E-state index is 12.8. The van der Waals surface area contributed by atoms with Crippen LogP contribution in [0.15, 0.2) is 47.4 Å². The predicted molar refractivity (Wildman–Crippen MR) is 116 cm³/mol. The maximum Gasteiger partial charge on any atom is 0.243 e. The third-order valence-electron chi connectivity index (χ3n) is 5.12. The van der Waals surface area contributed by atoms with E-state index in [4.69, 9.17) is 9.47 Å². The van der Waals surface area contributed by atoms with E-state index >= 15 is 0 Å². The zero-order chi connectivity index (χ0) is 21.6. The van der Waals surface area contributed by atoms with Crippen molar-refractivity contribution < 1.29 is 22.7 Å². The van der Waals surface area contributed by atoms with Crippen molar-refractivity contribution in [1.29, 1.82) is 0 Å². The van der Waals surface area contributed by atoms with Crippen molar-refractivity contribution in [3.63, 3.8) is 0 Å². The molecule has 30 heavy (non-hydrogen) atoms. The highest BCUT2D eigenvalue weighted by atomic mass is 32.2. The van der Waals surface area contributed by atoms with Crippen LogP contribution >= 0.6 is 0 Å². The number of ether oxygens (including phenoxy) is 2. The zero-order valence-electron chi connectivity index (χ0n) is 17.4. The average Bonchev–Trinajstić information content (AvgIpc) is 2.78. The van der Waals surface area contributed by atoms with Gasteiger partial charge in [-0.15, -0.1) is 0 Å². The van der Waals surface area contributed by atoms with Crippen molar-refractivity contribution in [2.45, 2.75) is 37.0 Å². The Balaban J connectivity index is 1.64. The number of rotatable bonds is 8. The molecule has 3 rings (SSSR count). The summed E-state index contributed by atoms with van der Waals surface area (Å²) in [5, 5.41) is 2.80. The van der Waals surface area contributed by atoms with Gasteiger partial charge in [-0.1, -0.05) is 12.5 Å². The van der Waals surface area contributed by atoms with E-state index in [-0.39, 0.29) is 17.2 Å². The fourth-order valence-corrected chi connectivity index (χ4v) is 5.04. The molecule has 1 amide bonds. The molecule has 0 saturated carbocycles. The molecule has 0 spiro atoms. The van der Waals surface area contributed by atoms with Gasteiger partial charge >= 0.3 is 0 Å². The lowest BCUT2D eigenvalue weighted by molar-refractivity contribution is -0.116. The van der Waals surface area contributed by atoms with Gasteiger partial charge in [-0.2, -0.15) is 4.31 Å². The van der Waals surface area contributed by atoms with Gasteiger partial charge in [-0.25, -0.2) is 8.42 Å². The Hall–Kier alpha value is -2.58. The number of nitrogens with zero attached hydrogens (tertiary/aromatic N) is 1. The van der Waals surface area contributed by atoms with Gasteiger partial charge in [0.05, 0.1) is 19.1 Å². The minimum Gasteiger partial charge on any atom is -0.497 e. The van der Waals surface area contributed by atoms with Gasteiger partial charge in [0.15, 0.2) is 0 Å². The molecule has 0 aromatic heterocycles. The number of sulfonamides is 1. The molecule has 7 nitrogen and oxygen atoms in total. The van der Waals surface area contributed by atoms with Crippen LogP contribution in [0, 0.1) is 0 Å². The van der Waals surface area contributed by atoms with E-state index in [2.05, 4.69) is 5.32 Å². The van der Waals surface area contributed by atoms with Gasteiger partial charge in [-0.05, 0) is 55.2 Å². The normalized spacial score (nSPS) is 14.9. The lowest BCUT2D eigenvalue weighted by Crippen LogP contribution is -2.35. The fraction of sp³-hybridized carbons (Fsp3) is 0.409. The largest absolute Gasteiger partial charge is 0.497 e. The first-order valence-corrected chi connectivity index (χ1v) is 11.5. The van der Waals surface area contributed by atoms with Gasteiger partial charge in [0.25, 0.3) is 0 Å². The minimum absolute atomic E-state index is 0.190. The standard InChI is InChI=1S/C22H28N2O5S/c1-28-19-13-17(14-20(16-19)29-2)9-10-22(25)23-18-7-6-8-21(15-18)30(26,27)24-11-4-3-5-12-24/h6-8,13-16H,3-5,9-12H2,1-2H3,(H,23,25). The Kier molecular flexibility index (Phi) is 7.33. The van der Waals surface area contributed by atoms with Crippen LogP contribution in [0.25, 0.3) is 0 Å². The molecule has 0 unspecified atom stereocenters. The number of piperidine rings is 1. The van der Waals surface area contributed by atoms with Crippen molar-refractivity contribution in [3.05, 3.63) is 48.0 Å². The topological polar surface area (TPSA) is 84.9 Å². The number of hydrogen-bond acceptors (Lipinski definition) is 5. The molecule has 8 heteroatoms. The number of nitrogens with one attached hydrogen (secondary N) is 1.